The molecular formula is C18H13ClINO3. The highest BCUT2D eigenvalue weighted by molar-refractivity contribution is 14.1. The molecule has 0 aliphatic heterocycles. The zero-order valence-corrected chi connectivity index (χ0v) is 15.4. The lowest BCUT2D eigenvalue weighted by Gasteiger charge is -2.04. The Hall–Kier alpha value is -1.99. The van der Waals surface area contributed by atoms with Crippen LogP contribution in [0.5, 0.6) is 5.75 Å². The summed E-state index contributed by atoms with van der Waals surface area (Å²) < 4.78 is 12.2. The highest BCUT2D eigenvalue weighted by Gasteiger charge is 2.12. The maximum Gasteiger partial charge on any atom is 0.291 e. The second-order valence-electron chi connectivity index (χ2n) is 4.97. The molecule has 2 aromatic carbocycles. The summed E-state index contributed by atoms with van der Waals surface area (Å²) in [5, 5.41) is 3.44. The monoisotopic (exact) mass is 453 g/mol. The summed E-state index contributed by atoms with van der Waals surface area (Å²) in [7, 11) is 0. The summed E-state index contributed by atoms with van der Waals surface area (Å²) in [5.41, 5.74) is 0.718. The molecule has 0 fully saturated rings. The Morgan fingerprint density at radius 1 is 1.04 bits per heavy atom. The molecule has 0 saturated heterocycles. The number of rotatable bonds is 5. The Kier molecular flexibility index (Phi) is 5.42. The van der Waals surface area contributed by atoms with Gasteiger partial charge in [-0.2, -0.15) is 0 Å². The molecule has 0 saturated carbocycles. The highest BCUT2D eigenvalue weighted by Crippen LogP contribution is 2.18. The molecule has 3 aromatic rings. The number of carbonyl (C=O) groups is 1. The Balaban J connectivity index is 1.59. The van der Waals surface area contributed by atoms with Crippen LogP contribution in [0.3, 0.4) is 0 Å². The molecule has 1 amide bonds. The van der Waals surface area contributed by atoms with E-state index in [-0.39, 0.29) is 18.3 Å². The lowest BCUT2D eigenvalue weighted by molar-refractivity contribution is 0.0992. The van der Waals surface area contributed by atoms with Gasteiger partial charge in [-0.25, -0.2) is 0 Å². The van der Waals surface area contributed by atoms with Crippen molar-refractivity contribution in [3.8, 4) is 5.75 Å². The fourth-order valence-electron chi connectivity index (χ4n) is 1.99. The van der Waals surface area contributed by atoms with Gasteiger partial charge in [-0.15, -0.1) is 0 Å². The van der Waals surface area contributed by atoms with Crippen molar-refractivity contribution in [3.05, 3.63) is 80.8 Å². The fraction of sp³-hybridized carbons (Fsp3) is 0.0556. The zero-order chi connectivity index (χ0) is 16.9. The molecule has 1 aromatic heterocycles. The summed E-state index contributed by atoms with van der Waals surface area (Å²) in [4.78, 5) is 12.2. The van der Waals surface area contributed by atoms with Gasteiger partial charge in [0.2, 0.25) is 0 Å². The predicted octanol–water partition coefficient (Wildman–Crippen LogP) is 5.37. The second-order valence-corrected chi connectivity index (χ2v) is 6.65. The molecule has 0 aliphatic carbocycles. The lowest BCUT2D eigenvalue weighted by atomic mass is 10.3. The summed E-state index contributed by atoms with van der Waals surface area (Å²) in [6.45, 7) is 0.235. The highest BCUT2D eigenvalue weighted by atomic mass is 127. The van der Waals surface area contributed by atoms with Gasteiger partial charge in [0.05, 0.1) is 0 Å². The van der Waals surface area contributed by atoms with Gasteiger partial charge in [0.1, 0.15) is 18.1 Å². The number of hydrogen-bond donors (Lipinski definition) is 1. The van der Waals surface area contributed by atoms with Crippen LogP contribution in [0.15, 0.2) is 65.1 Å². The maximum atomic E-state index is 12.2. The number of benzene rings is 2. The van der Waals surface area contributed by atoms with E-state index in [1.54, 1.807) is 36.4 Å². The molecule has 1 N–H and O–H groups in total. The van der Waals surface area contributed by atoms with Crippen LogP contribution in [0.1, 0.15) is 16.3 Å². The molecule has 0 radical (unpaired) electrons. The van der Waals surface area contributed by atoms with Gasteiger partial charge >= 0.3 is 0 Å². The summed E-state index contributed by atoms with van der Waals surface area (Å²) >= 11 is 8.03. The van der Waals surface area contributed by atoms with Gasteiger partial charge in [-0.1, -0.05) is 11.6 Å². The summed E-state index contributed by atoms with van der Waals surface area (Å²) in [6, 6.07) is 17.9. The molecule has 3 rings (SSSR count). The predicted molar refractivity (Wildman–Crippen MR) is 102 cm³/mol. The van der Waals surface area contributed by atoms with Gasteiger partial charge < -0.3 is 14.5 Å². The van der Waals surface area contributed by atoms with Crippen LogP contribution in [-0.2, 0) is 6.61 Å². The van der Waals surface area contributed by atoms with Crippen LogP contribution >= 0.6 is 34.2 Å². The van der Waals surface area contributed by atoms with E-state index in [1.165, 1.54) is 0 Å². The first-order valence-electron chi connectivity index (χ1n) is 7.14. The summed E-state index contributed by atoms with van der Waals surface area (Å²) in [5.74, 6) is 1.19. The molecule has 24 heavy (non-hydrogen) atoms. The smallest absolute Gasteiger partial charge is 0.291 e. The molecule has 122 valence electrons. The number of furan rings is 1. The van der Waals surface area contributed by atoms with Crippen molar-refractivity contribution in [2.45, 2.75) is 6.61 Å². The average molecular weight is 454 g/mol. The Morgan fingerprint density at radius 2 is 1.75 bits per heavy atom. The van der Waals surface area contributed by atoms with Gasteiger partial charge in [0, 0.05) is 14.3 Å². The standard InChI is InChI=1S/C18H13ClINO3/c19-12-1-7-15(8-2-12)23-11-16-9-10-17(24-16)18(22)21-14-5-3-13(20)4-6-14/h1-10H,11H2,(H,21,22). The van der Waals surface area contributed by atoms with E-state index < -0.39 is 0 Å². The third-order valence-electron chi connectivity index (χ3n) is 3.18. The first kappa shape index (κ1) is 16.9. The van der Waals surface area contributed by atoms with Crippen molar-refractivity contribution in [3.63, 3.8) is 0 Å². The maximum absolute atomic E-state index is 12.2. The largest absolute Gasteiger partial charge is 0.486 e. The van der Waals surface area contributed by atoms with Gasteiger partial charge in [0.25, 0.3) is 5.91 Å². The molecule has 4 nitrogen and oxygen atoms in total. The second kappa shape index (κ2) is 7.72. The van der Waals surface area contributed by atoms with Gasteiger partial charge in [-0.3, -0.25) is 4.79 Å². The summed E-state index contributed by atoms with van der Waals surface area (Å²) in [6.07, 6.45) is 0. The Labute approximate surface area is 157 Å². The molecule has 6 heteroatoms. The van der Waals surface area contributed by atoms with Crippen molar-refractivity contribution >= 4 is 45.8 Å². The van der Waals surface area contributed by atoms with Crippen molar-refractivity contribution in [2.75, 3.05) is 5.32 Å². The topological polar surface area (TPSA) is 51.5 Å². The van der Waals surface area contributed by atoms with E-state index in [0.29, 0.717) is 16.5 Å². The van der Waals surface area contributed by atoms with Crippen molar-refractivity contribution < 1.29 is 13.9 Å². The molecule has 1 heterocycles. The van der Waals surface area contributed by atoms with Crippen LogP contribution in [0.2, 0.25) is 5.02 Å². The van der Waals surface area contributed by atoms with Crippen LogP contribution in [0.25, 0.3) is 0 Å². The van der Waals surface area contributed by atoms with Crippen molar-refractivity contribution in [1.29, 1.82) is 0 Å². The van der Waals surface area contributed by atoms with Crippen LogP contribution in [-0.4, -0.2) is 5.91 Å². The van der Waals surface area contributed by atoms with Crippen molar-refractivity contribution in [2.24, 2.45) is 0 Å². The van der Waals surface area contributed by atoms with Gasteiger partial charge in [-0.05, 0) is 83.3 Å². The average Bonchev–Trinajstić information content (AvgIpc) is 3.06. The lowest BCUT2D eigenvalue weighted by Crippen LogP contribution is -2.10. The van der Waals surface area contributed by atoms with E-state index in [4.69, 9.17) is 20.8 Å². The number of anilines is 1. The van der Waals surface area contributed by atoms with Crippen LogP contribution in [0, 0.1) is 3.57 Å². The third kappa shape index (κ3) is 4.52. The number of amides is 1. The van der Waals surface area contributed by atoms with Crippen LogP contribution in [0.4, 0.5) is 5.69 Å². The first-order chi connectivity index (χ1) is 11.6. The van der Waals surface area contributed by atoms with Gasteiger partial charge in [0.15, 0.2) is 5.76 Å². The Bertz CT molecular complexity index is 828. The molecular weight excluding hydrogens is 441 g/mol. The van der Waals surface area contributed by atoms with Crippen LogP contribution < -0.4 is 10.1 Å². The van der Waals surface area contributed by atoms with E-state index in [1.807, 2.05) is 24.3 Å². The quantitative estimate of drug-likeness (QED) is 0.529. The number of ether oxygens (including phenoxy) is 1. The number of hydrogen-bond acceptors (Lipinski definition) is 3. The zero-order valence-electron chi connectivity index (χ0n) is 12.5. The fourth-order valence-corrected chi connectivity index (χ4v) is 2.47. The third-order valence-corrected chi connectivity index (χ3v) is 4.15. The normalized spacial score (nSPS) is 10.4. The minimum atomic E-state index is -0.297. The minimum absolute atomic E-state index is 0.235. The number of halogens is 2. The van der Waals surface area contributed by atoms with Crippen molar-refractivity contribution in [1.82, 2.24) is 0 Å². The number of nitrogens with one attached hydrogen (secondary N) is 1. The first-order valence-corrected chi connectivity index (χ1v) is 8.60. The molecule has 0 unspecified atom stereocenters. The van der Waals surface area contributed by atoms with E-state index in [2.05, 4.69) is 27.9 Å². The number of carbonyl (C=O) groups excluding carboxylic acids is 1. The molecule has 0 aliphatic rings. The van der Waals surface area contributed by atoms with E-state index in [9.17, 15) is 4.79 Å². The van der Waals surface area contributed by atoms with E-state index in [0.717, 1.165) is 9.26 Å². The Morgan fingerprint density at radius 3 is 2.46 bits per heavy atom. The SMILES string of the molecule is O=C(Nc1ccc(I)cc1)c1ccc(COc2ccc(Cl)cc2)o1. The minimum Gasteiger partial charge on any atom is -0.486 e. The molecule has 0 bridgehead atoms. The van der Waals surface area contributed by atoms with E-state index >= 15 is 0 Å². The molecule has 0 atom stereocenters. The molecule has 0 spiro atoms.